The van der Waals surface area contributed by atoms with Gasteiger partial charge in [-0.1, -0.05) is 11.6 Å². The number of anilines is 1. The summed E-state index contributed by atoms with van der Waals surface area (Å²) in [5.41, 5.74) is 8.20. The highest BCUT2D eigenvalue weighted by Gasteiger charge is 2.11. The zero-order chi connectivity index (χ0) is 14.1. The van der Waals surface area contributed by atoms with Crippen LogP contribution in [0.2, 0.25) is 5.02 Å². The first-order valence-corrected chi connectivity index (χ1v) is 6.89. The van der Waals surface area contributed by atoms with Crippen molar-refractivity contribution in [1.29, 1.82) is 5.26 Å². The van der Waals surface area contributed by atoms with Crippen molar-refractivity contribution in [2.24, 2.45) is 0 Å². The minimum absolute atomic E-state index is 0.448. The maximum atomic E-state index is 9.09. The van der Waals surface area contributed by atoms with Gasteiger partial charge in [0, 0.05) is 15.6 Å². The lowest BCUT2D eigenvalue weighted by Crippen LogP contribution is -1.82. The summed E-state index contributed by atoms with van der Waals surface area (Å²) in [7, 11) is 0. The van der Waals surface area contributed by atoms with Crippen LogP contribution >= 0.6 is 23.4 Å². The van der Waals surface area contributed by atoms with Crippen LogP contribution in [0, 0.1) is 11.3 Å². The van der Waals surface area contributed by atoms with E-state index in [0.29, 0.717) is 37.5 Å². The Morgan fingerprint density at radius 2 is 2.10 bits per heavy atom. The van der Waals surface area contributed by atoms with Crippen LogP contribution in [-0.2, 0) is 0 Å². The molecule has 3 rings (SSSR count). The average Bonchev–Trinajstić information content (AvgIpc) is 2.80. The fourth-order valence-electron chi connectivity index (χ4n) is 1.73. The van der Waals surface area contributed by atoms with Gasteiger partial charge in [0.2, 0.25) is 0 Å². The van der Waals surface area contributed by atoms with Crippen molar-refractivity contribution in [2.75, 3.05) is 5.73 Å². The molecule has 0 fully saturated rings. The molecule has 1 aromatic heterocycles. The molecule has 0 amide bonds. The van der Waals surface area contributed by atoms with Crippen molar-refractivity contribution in [3.63, 3.8) is 0 Å². The molecule has 0 saturated carbocycles. The Morgan fingerprint density at radius 1 is 1.25 bits per heavy atom. The van der Waals surface area contributed by atoms with Crippen molar-refractivity contribution in [1.82, 2.24) is 4.98 Å². The summed E-state index contributed by atoms with van der Waals surface area (Å²) in [5.74, 6) is 0. The summed E-state index contributed by atoms with van der Waals surface area (Å²) >= 11 is 7.21. The second-order valence-corrected chi connectivity index (χ2v) is 5.49. The van der Waals surface area contributed by atoms with E-state index in [0.717, 1.165) is 0 Å². The Bertz CT molecular complexity index is 838. The van der Waals surface area contributed by atoms with Crippen LogP contribution in [-0.4, -0.2) is 4.98 Å². The molecule has 0 saturated heterocycles. The highest BCUT2D eigenvalue weighted by Crippen LogP contribution is 2.33. The number of fused-ring (bicyclic) bond motifs is 1. The molecule has 0 unspecified atom stereocenters. The first-order chi connectivity index (χ1) is 9.65. The second kappa shape index (κ2) is 5.08. The van der Waals surface area contributed by atoms with Crippen LogP contribution in [0.1, 0.15) is 5.56 Å². The van der Waals surface area contributed by atoms with Gasteiger partial charge < -0.3 is 10.2 Å². The Hall–Kier alpha value is -2.16. The molecule has 2 N–H and O–H groups in total. The molecule has 1 heterocycles. The number of hydrogen-bond donors (Lipinski definition) is 1. The average molecular weight is 302 g/mol. The number of hydrogen-bond acceptors (Lipinski definition) is 5. The Balaban J connectivity index is 2.01. The van der Waals surface area contributed by atoms with E-state index in [-0.39, 0.29) is 0 Å². The largest absolute Gasteiger partial charge is 0.431 e. The van der Waals surface area contributed by atoms with E-state index in [1.807, 2.05) is 0 Å². The van der Waals surface area contributed by atoms with Crippen LogP contribution in [0.5, 0.6) is 0 Å². The molecule has 20 heavy (non-hydrogen) atoms. The monoisotopic (exact) mass is 301 g/mol. The third-order valence-electron chi connectivity index (χ3n) is 2.65. The predicted octanol–water partition coefficient (Wildman–Crippen LogP) is 4.09. The summed E-state index contributed by atoms with van der Waals surface area (Å²) in [6.07, 6.45) is 0. The Morgan fingerprint density at radius 3 is 2.90 bits per heavy atom. The molecule has 98 valence electrons. The molecule has 0 spiro atoms. The lowest BCUT2D eigenvalue weighted by atomic mass is 10.2. The fraction of sp³-hybridized carbons (Fsp3) is 0. The zero-order valence-electron chi connectivity index (χ0n) is 10.1. The highest BCUT2D eigenvalue weighted by atomic mass is 35.5. The summed E-state index contributed by atoms with van der Waals surface area (Å²) in [6.45, 7) is 0. The van der Waals surface area contributed by atoms with Gasteiger partial charge in [-0.05, 0) is 48.2 Å². The van der Waals surface area contributed by atoms with Crippen molar-refractivity contribution >= 4 is 40.1 Å². The third kappa shape index (κ3) is 2.44. The normalized spacial score (nSPS) is 10.6. The van der Waals surface area contributed by atoms with E-state index >= 15 is 0 Å². The molecule has 0 radical (unpaired) electrons. The van der Waals surface area contributed by atoms with Crippen molar-refractivity contribution in [2.45, 2.75) is 10.1 Å². The molecule has 6 heteroatoms. The molecule has 0 aliphatic heterocycles. The summed E-state index contributed by atoms with van der Waals surface area (Å²) in [5, 5.41) is 10.1. The van der Waals surface area contributed by atoms with Gasteiger partial charge in [0.1, 0.15) is 11.6 Å². The highest BCUT2D eigenvalue weighted by molar-refractivity contribution is 7.99. The minimum atomic E-state index is 0.448. The van der Waals surface area contributed by atoms with E-state index in [1.54, 1.807) is 36.4 Å². The van der Waals surface area contributed by atoms with Crippen LogP contribution < -0.4 is 5.73 Å². The molecule has 3 aromatic rings. The van der Waals surface area contributed by atoms with E-state index in [2.05, 4.69) is 11.1 Å². The maximum Gasteiger partial charge on any atom is 0.261 e. The molecular formula is C14H8ClN3OS. The van der Waals surface area contributed by atoms with Gasteiger partial charge in [-0.25, -0.2) is 4.98 Å². The molecule has 0 bridgehead atoms. The molecule has 0 atom stereocenters. The number of nitriles is 1. The molecule has 0 aliphatic rings. The van der Waals surface area contributed by atoms with Crippen molar-refractivity contribution in [3.8, 4) is 6.07 Å². The Labute approximate surface area is 124 Å². The van der Waals surface area contributed by atoms with Crippen LogP contribution in [0.25, 0.3) is 11.1 Å². The van der Waals surface area contributed by atoms with Gasteiger partial charge in [0.05, 0.1) is 5.56 Å². The number of nitrogens with zero attached hydrogens (tertiary/aromatic N) is 2. The van der Waals surface area contributed by atoms with E-state index < -0.39 is 0 Å². The first kappa shape index (κ1) is 12.9. The lowest BCUT2D eigenvalue weighted by Gasteiger charge is -2.00. The standard InChI is InChI=1S/C14H8ClN3OS/c15-9-2-1-8(7-16)13(5-9)20-14-18-11-6-10(17)3-4-12(11)19-14/h1-6H,17H2. The van der Waals surface area contributed by atoms with E-state index in [1.165, 1.54) is 11.8 Å². The quantitative estimate of drug-likeness (QED) is 0.722. The number of nitrogens with two attached hydrogens (primary N) is 1. The molecule has 0 aliphatic carbocycles. The minimum Gasteiger partial charge on any atom is -0.431 e. The van der Waals surface area contributed by atoms with Gasteiger partial charge in [0.15, 0.2) is 5.58 Å². The third-order valence-corrected chi connectivity index (χ3v) is 3.80. The zero-order valence-corrected chi connectivity index (χ0v) is 11.7. The SMILES string of the molecule is N#Cc1ccc(Cl)cc1Sc1nc2cc(N)ccc2o1. The number of aromatic nitrogens is 1. The van der Waals surface area contributed by atoms with Gasteiger partial charge >= 0.3 is 0 Å². The number of rotatable bonds is 2. The number of benzene rings is 2. The number of halogens is 1. The van der Waals surface area contributed by atoms with Crippen LogP contribution in [0.4, 0.5) is 5.69 Å². The summed E-state index contributed by atoms with van der Waals surface area (Å²) in [4.78, 5) is 5.05. The summed E-state index contributed by atoms with van der Waals surface area (Å²) < 4.78 is 5.61. The fourth-order valence-corrected chi connectivity index (χ4v) is 2.84. The van der Waals surface area contributed by atoms with Gasteiger partial charge in [-0.3, -0.25) is 0 Å². The van der Waals surface area contributed by atoms with Gasteiger partial charge in [-0.15, -0.1) is 0 Å². The number of oxazole rings is 1. The predicted molar refractivity (Wildman–Crippen MR) is 78.7 cm³/mol. The van der Waals surface area contributed by atoms with Crippen LogP contribution in [0.15, 0.2) is 50.9 Å². The van der Waals surface area contributed by atoms with E-state index in [9.17, 15) is 0 Å². The molecule has 2 aromatic carbocycles. The first-order valence-electron chi connectivity index (χ1n) is 5.69. The van der Waals surface area contributed by atoms with Gasteiger partial charge in [-0.2, -0.15) is 5.26 Å². The second-order valence-electron chi connectivity index (χ2n) is 4.06. The van der Waals surface area contributed by atoms with Gasteiger partial charge in [0.25, 0.3) is 5.22 Å². The topological polar surface area (TPSA) is 75.8 Å². The van der Waals surface area contributed by atoms with E-state index in [4.69, 9.17) is 27.0 Å². The molecular weight excluding hydrogens is 294 g/mol. The van der Waals surface area contributed by atoms with Crippen molar-refractivity contribution < 1.29 is 4.42 Å². The Kier molecular flexibility index (Phi) is 3.26. The summed E-state index contributed by atoms with van der Waals surface area (Å²) in [6, 6.07) is 12.4. The smallest absolute Gasteiger partial charge is 0.261 e. The van der Waals surface area contributed by atoms with Crippen molar-refractivity contribution in [3.05, 3.63) is 47.0 Å². The lowest BCUT2D eigenvalue weighted by molar-refractivity contribution is 0.489. The van der Waals surface area contributed by atoms with Crippen LogP contribution in [0.3, 0.4) is 0 Å². The molecule has 4 nitrogen and oxygen atoms in total. The number of nitrogen functional groups attached to an aromatic ring is 1. The maximum absolute atomic E-state index is 9.09.